The van der Waals surface area contributed by atoms with Gasteiger partial charge in [-0.1, -0.05) is 25.1 Å². The molecule has 2 aromatic carbocycles. The summed E-state index contributed by atoms with van der Waals surface area (Å²) in [6.07, 6.45) is 0.960. The van der Waals surface area contributed by atoms with Crippen LogP contribution in [0.4, 0.5) is 11.4 Å². The van der Waals surface area contributed by atoms with Gasteiger partial charge in [0.25, 0.3) is 0 Å². The lowest BCUT2D eigenvalue weighted by Gasteiger charge is -2.17. The molecule has 0 bridgehead atoms. The smallest absolute Gasteiger partial charge is 0.337 e. The quantitative estimate of drug-likeness (QED) is 0.785. The number of amides is 1. The number of carbonyl (C=O) groups excluding carboxylic acids is 2. The molecule has 1 amide bonds. The number of rotatable bonds is 6. The minimum atomic E-state index is -0.461. The van der Waals surface area contributed by atoms with Crippen LogP contribution in [0.25, 0.3) is 0 Å². The maximum absolute atomic E-state index is 12.4. The Balaban J connectivity index is 2.06. The first-order valence-corrected chi connectivity index (χ1v) is 8.30. The number of benzene rings is 2. The monoisotopic (exact) mass is 340 g/mol. The summed E-state index contributed by atoms with van der Waals surface area (Å²) in [7, 11) is 1.34. The summed E-state index contributed by atoms with van der Waals surface area (Å²) in [6, 6.07) is 12.5. The van der Waals surface area contributed by atoms with Gasteiger partial charge in [-0.15, -0.1) is 0 Å². The van der Waals surface area contributed by atoms with E-state index < -0.39 is 12.0 Å². The third kappa shape index (κ3) is 4.83. The van der Waals surface area contributed by atoms with E-state index in [0.29, 0.717) is 5.56 Å². The molecule has 2 aromatic rings. The summed E-state index contributed by atoms with van der Waals surface area (Å²) >= 11 is 0. The zero-order valence-corrected chi connectivity index (χ0v) is 15.1. The van der Waals surface area contributed by atoms with Gasteiger partial charge < -0.3 is 15.4 Å². The largest absolute Gasteiger partial charge is 0.465 e. The Morgan fingerprint density at radius 2 is 1.80 bits per heavy atom. The maximum Gasteiger partial charge on any atom is 0.337 e. The minimum Gasteiger partial charge on any atom is -0.465 e. The average Bonchev–Trinajstić information content (AvgIpc) is 2.63. The molecule has 0 fully saturated rings. The van der Waals surface area contributed by atoms with Crippen molar-refractivity contribution >= 4 is 23.3 Å². The van der Waals surface area contributed by atoms with Gasteiger partial charge >= 0.3 is 5.97 Å². The highest BCUT2D eigenvalue weighted by Gasteiger charge is 2.15. The molecule has 5 nitrogen and oxygen atoms in total. The third-order valence-electron chi connectivity index (χ3n) is 4.05. The Hall–Kier alpha value is -2.82. The number of ether oxygens (including phenoxy) is 1. The molecule has 0 unspecified atom stereocenters. The van der Waals surface area contributed by atoms with Crippen LogP contribution < -0.4 is 10.6 Å². The topological polar surface area (TPSA) is 67.4 Å². The van der Waals surface area contributed by atoms with Gasteiger partial charge in [-0.3, -0.25) is 4.79 Å². The Morgan fingerprint density at radius 1 is 1.12 bits per heavy atom. The first-order valence-electron chi connectivity index (χ1n) is 8.30. The summed E-state index contributed by atoms with van der Waals surface area (Å²) < 4.78 is 4.74. The van der Waals surface area contributed by atoms with Gasteiger partial charge in [0.15, 0.2) is 0 Å². The Bertz CT molecular complexity index is 754. The molecule has 0 aliphatic carbocycles. The van der Waals surface area contributed by atoms with Crippen LogP contribution >= 0.6 is 0 Å². The Morgan fingerprint density at radius 3 is 2.40 bits per heavy atom. The highest BCUT2D eigenvalue weighted by Crippen LogP contribution is 2.19. The van der Waals surface area contributed by atoms with Crippen molar-refractivity contribution in [1.29, 1.82) is 0 Å². The SMILES string of the molecule is CCc1ccc(NC(=O)[C@@H](C)Nc2cc(C(=O)OC)ccc2C)cc1. The normalized spacial score (nSPS) is 11.5. The van der Waals surface area contributed by atoms with Crippen molar-refractivity contribution in [3.63, 3.8) is 0 Å². The highest BCUT2D eigenvalue weighted by atomic mass is 16.5. The summed E-state index contributed by atoms with van der Waals surface area (Å²) in [4.78, 5) is 24.1. The number of hydrogen-bond donors (Lipinski definition) is 2. The summed E-state index contributed by atoms with van der Waals surface area (Å²) in [5.41, 5.74) is 4.10. The number of anilines is 2. The summed E-state index contributed by atoms with van der Waals surface area (Å²) in [6.45, 7) is 5.78. The molecule has 132 valence electrons. The van der Waals surface area contributed by atoms with Crippen molar-refractivity contribution in [1.82, 2.24) is 0 Å². The molecular formula is C20H24N2O3. The van der Waals surface area contributed by atoms with Gasteiger partial charge in [0.1, 0.15) is 6.04 Å². The van der Waals surface area contributed by atoms with Crippen LogP contribution in [-0.4, -0.2) is 25.0 Å². The van der Waals surface area contributed by atoms with Crippen molar-refractivity contribution < 1.29 is 14.3 Å². The lowest BCUT2D eigenvalue weighted by Crippen LogP contribution is -2.32. The molecule has 0 radical (unpaired) electrons. The molecule has 0 aliphatic heterocycles. The van der Waals surface area contributed by atoms with E-state index in [0.717, 1.165) is 23.4 Å². The van der Waals surface area contributed by atoms with Gasteiger partial charge in [0.2, 0.25) is 5.91 Å². The zero-order chi connectivity index (χ0) is 18.4. The minimum absolute atomic E-state index is 0.146. The molecule has 0 spiro atoms. The number of carbonyl (C=O) groups is 2. The fourth-order valence-corrected chi connectivity index (χ4v) is 2.40. The molecule has 0 heterocycles. The fraction of sp³-hybridized carbons (Fsp3) is 0.300. The van der Waals surface area contributed by atoms with Crippen LogP contribution in [0.3, 0.4) is 0 Å². The highest BCUT2D eigenvalue weighted by molar-refractivity contribution is 5.97. The zero-order valence-electron chi connectivity index (χ0n) is 15.1. The number of methoxy groups -OCH3 is 1. The van der Waals surface area contributed by atoms with E-state index in [4.69, 9.17) is 4.74 Å². The molecule has 5 heteroatoms. The Labute approximate surface area is 148 Å². The van der Waals surface area contributed by atoms with Gasteiger partial charge in [-0.25, -0.2) is 4.79 Å². The molecule has 2 N–H and O–H groups in total. The van der Waals surface area contributed by atoms with Crippen molar-refractivity contribution in [2.75, 3.05) is 17.7 Å². The van der Waals surface area contributed by atoms with Crippen LogP contribution in [-0.2, 0) is 16.0 Å². The van der Waals surface area contributed by atoms with Crippen molar-refractivity contribution in [2.45, 2.75) is 33.2 Å². The van der Waals surface area contributed by atoms with Crippen molar-refractivity contribution in [2.24, 2.45) is 0 Å². The molecule has 1 atom stereocenters. The van der Waals surface area contributed by atoms with Crippen LogP contribution in [0, 0.1) is 6.92 Å². The van der Waals surface area contributed by atoms with Gasteiger partial charge in [0.05, 0.1) is 12.7 Å². The second kappa shape index (κ2) is 8.33. The second-order valence-electron chi connectivity index (χ2n) is 5.93. The van der Waals surface area contributed by atoms with Gasteiger partial charge in [0, 0.05) is 11.4 Å². The van der Waals surface area contributed by atoms with Gasteiger partial charge in [-0.05, 0) is 55.7 Å². The van der Waals surface area contributed by atoms with Crippen molar-refractivity contribution in [3.8, 4) is 0 Å². The van der Waals surface area contributed by atoms with Crippen LogP contribution in [0.2, 0.25) is 0 Å². The van der Waals surface area contributed by atoms with E-state index in [1.807, 2.05) is 37.3 Å². The molecule has 0 saturated carbocycles. The molecule has 0 saturated heterocycles. The average molecular weight is 340 g/mol. The predicted octanol–water partition coefficient (Wildman–Crippen LogP) is 3.78. The number of nitrogens with one attached hydrogen (secondary N) is 2. The van der Waals surface area contributed by atoms with Crippen LogP contribution in [0.15, 0.2) is 42.5 Å². The first-order chi connectivity index (χ1) is 11.9. The van der Waals surface area contributed by atoms with E-state index in [2.05, 4.69) is 17.6 Å². The predicted molar refractivity (Wildman–Crippen MR) is 100 cm³/mol. The standard InChI is InChI=1S/C20H24N2O3/c1-5-15-7-10-17(11-8-15)22-19(23)14(3)21-18-12-16(20(24)25-4)9-6-13(18)2/h6-12,14,21H,5H2,1-4H3,(H,22,23)/t14-/m1/s1. The summed E-state index contributed by atoms with van der Waals surface area (Å²) in [5, 5.41) is 6.04. The second-order valence-corrected chi connectivity index (χ2v) is 5.93. The number of hydrogen-bond acceptors (Lipinski definition) is 4. The molecule has 0 aliphatic rings. The maximum atomic E-state index is 12.4. The Kier molecular flexibility index (Phi) is 6.17. The van der Waals surface area contributed by atoms with Gasteiger partial charge in [-0.2, -0.15) is 0 Å². The molecule has 0 aromatic heterocycles. The van der Waals surface area contributed by atoms with Crippen LogP contribution in [0.1, 0.15) is 35.3 Å². The lowest BCUT2D eigenvalue weighted by atomic mass is 10.1. The van der Waals surface area contributed by atoms with E-state index in [1.54, 1.807) is 19.1 Å². The molecule has 25 heavy (non-hydrogen) atoms. The summed E-state index contributed by atoms with van der Waals surface area (Å²) in [5.74, 6) is -0.553. The van der Waals surface area contributed by atoms with E-state index >= 15 is 0 Å². The molecule has 2 rings (SSSR count). The number of aryl methyl sites for hydroxylation is 2. The van der Waals surface area contributed by atoms with E-state index in [1.165, 1.54) is 12.7 Å². The van der Waals surface area contributed by atoms with Crippen LogP contribution in [0.5, 0.6) is 0 Å². The van der Waals surface area contributed by atoms with E-state index in [9.17, 15) is 9.59 Å². The van der Waals surface area contributed by atoms with E-state index in [-0.39, 0.29) is 5.91 Å². The lowest BCUT2D eigenvalue weighted by molar-refractivity contribution is -0.116. The number of esters is 1. The van der Waals surface area contributed by atoms with Crippen molar-refractivity contribution in [3.05, 3.63) is 59.2 Å². The molecular weight excluding hydrogens is 316 g/mol. The fourth-order valence-electron chi connectivity index (χ4n) is 2.40. The third-order valence-corrected chi connectivity index (χ3v) is 4.05. The first kappa shape index (κ1) is 18.5.